The van der Waals surface area contributed by atoms with Crippen LogP contribution in [0.4, 0.5) is 5.13 Å². The molecular weight excluding hydrogens is 272 g/mol. The molecule has 3 rings (SSSR count). The molecule has 2 heterocycles. The minimum Gasteiger partial charge on any atom is -0.375 e. The molecule has 2 aromatic heterocycles. The Labute approximate surface area is 119 Å². The molecule has 6 heteroatoms. The van der Waals surface area contributed by atoms with Crippen molar-refractivity contribution in [1.82, 2.24) is 14.3 Å². The summed E-state index contributed by atoms with van der Waals surface area (Å²) in [5.74, 6) is 0. The second kappa shape index (κ2) is 4.64. The van der Waals surface area contributed by atoms with Crippen LogP contribution in [0.15, 0.2) is 40.5 Å². The van der Waals surface area contributed by atoms with Crippen molar-refractivity contribution in [1.29, 1.82) is 0 Å². The number of nitrogen functional groups attached to an aromatic ring is 1. The summed E-state index contributed by atoms with van der Waals surface area (Å²) in [5, 5.41) is 2.28. The molecule has 0 atom stereocenters. The van der Waals surface area contributed by atoms with Crippen LogP contribution in [0.2, 0.25) is 0 Å². The molecule has 0 saturated carbocycles. The van der Waals surface area contributed by atoms with Crippen molar-refractivity contribution < 1.29 is 0 Å². The van der Waals surface area contributed by atoms with Crippen LogP contribution < -0.4 is 11.3 Å². The van der Waals surface area contributed by atoms with Crippen LogP contribution in [0.1, 0.15) is 5.69 Å². The van der Waals surface area contributed by atoms with Gasteiger partial charge in [-0.15, -0.1) is 11.3 Å². The molecule has 20 heavy (non-hydrogen) atoms. The van der Waals surface area contributed by atoms with Gasteiger partial charge in [0.2, 0.25) is 0 Å². The first-order valence-corrected chi connectivity index (χ1v) is 7.03. The molecule has 0 aliphatic carbocycles. The van der Waals surface area contributed by atoms with Crippen molar-refractivity contribution >= 4 is 16.5 Å². The van der Waals surface area contributed by atoms with Crippen molar-refractivity contribution in [2.75, 3.05) is 5.73 Å². The number of aromatic nitrogens is 3. The number of nitrogens with two attached hydrogens (primary N) is 1. The van der Waals surface area contributed by atoms with E-state index in [0.29, 0.717) is 16.4 Å². The smallest absolute Gasteiger partial charge is 0.281 e. The van der Waals surface area contributed by atoms with Crippen molar-refractivity contribution in [3.63, 3.8) is 0 Å². The molecule has 2 N–H and O–H groups in total. The molecule has 0 aliphatic rings. The average Bonchev–Trinajstić information content (AvgIpc) is 2.94. The average molecular weight is 286 g/mol. The fourth-order valence-corrected chi connectivity index (χ4v) is 2.82. The molecule has 0 radical (unpaired) electrons. The quantitative estimate of drug-likeness (QED) is 0.785. The second-order valence-corrected chi connectivity index (χ2v) is 5.40. The number of hydrogen-bond donors (Lipinski definition) is 1. The van der Waals surface area contributed by atoms with E-state index in [1.807, 2.05) is 54.4 Å². The maximum Gasteiger partial charge on any atom is 0.281 e. The standard InChI is InChI=1S/C14H14N4OS/c1-9-12(11-8-20-14(15)16-11)13(19)18(17(9)2)10-6-4-3-5-7-10/h3-8H,1-2H3,(H2,15,16). The van der Waals surface area contributed by atoms with Crippen LogP contribution in [0.3, 0.4) is 0 Å². The maximum atomic E-state index is 12.7. The Bertz CT molecular complexity index is 814. The van der Waals surface area contributed by atoms with Gasteiger partial charge in [0.25, 0.3) is 5.56 Å². The van der Waals surface area contributed by atoms with E-state index in [4.69, 9.17) is 5.73 Å². The first-order valence-electron chi connectivity index (χ1n) is 6.15. The largest absolute Gasteiger partial charge is 0.375 e. The lowest BCUT2D eigenvalue weighted by Gasteiger charge is -2.07. The van der Waals surface area contributed by atoms with E-state index >= 15 is 0 Å². The van der Waals surface area contributed by atoms with E-state index in [1.165, 1.54) is 11.3 Å². The molecule has 3 aromatic rings. The third kappa shape index (κ3) is 1.85. The molecule has 5 nitrogen and oxygen atoms in total. The minimum atomic E-state index is -0.0819. The van der Waals surface area contributed by atoms with Gasteiger partial charge in [0, 0.05) is 18.1 Å². The molecular formula is C14H14N4OS. The summed E-state index contributed by atoms with van der Waals surface area (Å²) in [5.41, 5.74) is 8.52. The maximum absolute atomic E-state index is 12.7. The van der Waals surface area contributed by atoms with Crippen LogP contribution in [0, 0.1) is 6.92 Å². The highest BCUT2D eigenvalue weighted by Crippen LogP contribution is 2.24. The molecule has 0 aliphatic heterocycles. The monoisotopic (exact) mass is 286 g/mol. The highest BCUT2D eigenvalue weighted by atomic mass is 32.1. The van der Waals surface area contributed by atoms with Crippen molar-refractivity contribution in [2.45, 2.75) is 6.92 Å². The Balaban J connectivity index is 2.28. The first kappa shape index (κ1) is 12.7. The predicted molar refractivity (Wildman–Crippen MR) is 81.3 cm³/mol. The Kier molecular flexibility index (Phi) is 2.94. The van der Waals surface area contributed by atoms with Gasteiger partial charge in [-0.1, -0.05) is 18.2 Å². The van der Waals surface area contributed by atoms with E-state index < -0.39 is 0 Å². The lowest BCUT2D eigenvalue weighted by atomic mass is 10.2. The molecule has 0 saturated heterocycles. The summed E-state index contributed by atoms with van der Waals surface area (Å²) in [7, 11) is 1.86. The SMILES string of the molecule is Cc1c(-c2csc(N)n2)c(=O)n(-c2ccccc2)n1C. The Morgan fingerprint density at radius 3 is 2.55 bits per heavy atom. The van der Waals surface area contributed by atoms with Gasteiger partial charge < -0.3 is 5.73 Å². The molecule has 0 fully saturated rings. The first-order chi connectivity index (χ1) is 9.59. The van der Waals surface area contributed by atoms with Crippen LogP contribution >= 0.6 is 11.3 Å². The van der Waals surface area contributed by atoms with E-state index in [1.54, 1.807) is 4.68 Å². The molecule has 0 unspecified atom stereocenters. The van der Waals surface area contributed by atoms with Crippen LogP contribution in [-0.4, -0.2) is 14.3 Å². The molecule has 0 spiro atoms. The predicted octanol–water partition coefficient (Wildman–Crippen LogP) is 2.19. The zero-order chi connectivity index (χ0) is 14.3. The van der Waals surface area contributed by atoms with E-state index in [2.05, 4.69) is 4.98 Å². The van der Waals surface area contributed by atoms with E-state index in [0.717, 1.165) is 11.4 Å². The van der Waals surface area contributed by atoms with Gasteiger partial charge in [-0.3, -0.25) is 9.48 Å². The summed E-state index contributed by atoms with van der Waals surface area (Å²) in [6.45, 7) is 1.91. The lowest BCUT2D eigenvalue weighted by molar-refractivity contribution is 0.630. The third-order valence-electron chi connectivity index (χ3n) is 3.33. The summed E-state index contributed by atoms with van der Waals surface area (Å²) in [6, 6.07) is 9.54. The van der Waals surface area contributed by atoms with Gasteiger partial charge in [-0.25, -0.2) is 9.67 Å². The lowest BCUT2D eigenvalue weighted by Crippen LogP contribution is -2.20. The Hall–Kier alpha value is -2.34. The van der Waals surface area contributed by atoms with Crippen molar-refractivity contribution in [3.05, 3.63) is 51.8 Å². The molecule has 0 amide bonds. The summed E-state index contributed by atoms with van der Waals surface area (Å²) < 4.78 is 3.47. The van der Waals surface area contributed by atoms with E-state index in [9.17, 15) is 4.79 Å². The van der Waals surface area contributed by atoms with Gasteiger partial charge in [0.15, 0.2) is 5.13 Å². The zero-order valence-electron chi connectivity index (χ0n) is 11.2. The fraction of sp³-hybridized carbons (Fsp3) is 0.143. The number of rotatable bonds is 2. The minimum absolute atomic E-state index is 0.0819. The zero-order valence-corrected chi connectivity index (χ0v) is 12.0. The van der Waals surface area contributed by atoms with Gasteiger partial charge in [-0.05, 0) is 19.1 Å². The third-order valence-corrected chi connectivity index (χ3v) is 4.01. The number of nitrogens with zero attached hydrogens (tertiary/aromatic N) is 3. The number of anilines is 1. The van der Waals surface area contributed by atoms with Gasteiger partial charge in [0.05, 0.1) is 16.9 Å². The normalized spacial score (nSPS) is 10.9. The number of benzene rings is 1. The summed E-state index contributed by atoms with van der Waals surface area (Å²) in [6.07, 6.45) is 0. The number of hydrogen-bond acceptors (Lipinski definition) is 4. The van der Waals surface area contributed by atoms with Gasteiger partial charge in [-0.2, -0.15) is 0 Å². The molecule has 0 bridgehead atoms. The van der Waals surface area contributed by atoms with Crippen LogP contribution in [0.5, 0.6) is 0 Å². The van der Waals surface area contributed by atoms with Crippen LogP contribution in [0.25, 0.3) is 16.9 Å². The van der Waals surface area contributed by atoms with Crippen LogP contribution in [-0.2, 0) is 7.05 Å². The number of thiazole rings is 1. The Morgan fingerprint density at radius 1 is 1.25 bits per heavy atom. The highest BCUT2D eigenvalue weighted by molar-refractivity contribution is 7.13. The Morgan fingerprint density at radius 2 is 1.95 bits per heavy atom. The molecule has 102 valence electrons. The van der Waals surface area contributed by atoms with Gasteiger partial charge >= 0.3 is 0 Å². The fourth-order valence-electron chi connectivity index (χ4n) is 2.27. The van der Waals surface area contributed by atoms with Crippen molar-refractivity contribution in [3.8, 4) is 16.9 Å². The number of para-hydroxylation sites is 1. The second-order valence-electron chi connectivity index (χ2n) is 4.51. The van der Waals surface area contributed by atoms with Crippen molar-refractivity contribution in [2.24, 2.45) is 7.05 Å². The summed E-state index contributed by atoms with van der Waals surface area (Å²) >= 11 is 1.34. The molecule has 1 aromatic carbocycles. The van der Waals surface area contributed by atoms with E-state index in [-0.39, 0.29) is 5.56 Å². The highest BCUT2D eigenvalue weighted by Gasteiger charge is 2.19. The summed E-state index contributed by atoms with van der Waals surface area (Å²) in [4.78, 5) is 16.9. The van der Waals surface area contributed by atoms with Gasteiger partial charge in [0.1, 0.15) is 0 Å². The topological polar surface area (TPSA) is 65.8 Å².